The van der Waals surface area contributed by atoms with Crippen molar-refractivity contribution in [2.75, 3.05) is 5.73 Å². The molecule has 0 saturated carbocycles. The van der Waals surface area contributed by atoms with E-state index in [0.717, 1.165) is 32.9 Å². The molecule has 4 rings (SSSR count). The summed E-state index contributed by atoms with van der Waals surface area (Å²) < 4.78 is 15.1. The molecular weight excluding hydrogens is 335 g/mol. The minimum absolute atomic E-state index is 0.282. The predicted molar refractivity (Wildman–Crippen MR) is 99.2 cm³/mol. The maximum absolute atomic E-state index is 13.3. The number of halogens is 1. The lowest BCUT2D eigenvalue weighted by atomic mass is 10.0. The number of anilines is 1. The fourth-order valence-corrected chi connectivity index (χ4v) is 3.67. The van der Waals surface area contributed by atoms with Crippen LogP contribution in [0.4, 0.5) is 10.2 Å². The summed E-state index contributed by atoms with van der Waals surface area (Å²) in [5.74, 6) is 0.270. The van der Waals surface area contributed by atoms with Gasteiger partial charge in [-0.05, 0) is 65.9 Å². The Kier molecular flexibility index (Phi) is 3.82. The molecule has 0 aliphatic rings. The molecule has 6 heteroatoms. The lowest BCUT2D eigenvalue weighted by Gasteiger charge is -2.05. The van der Waals surface area contributed by atoms with Crippen molar-refractivity contribution in [3.63, 3.8) is 0 Å². The van der Waals surface area contributed by atoms with Gasteiger partial charge in [0.05, 0.1) is 5.56 Å². The van der Waals surface area contributed by atoms with Gasteiger partial charge in [-0.3, -0.25) is 4.98 Å². The first-order valence-corrected chi connectivity index (χ1v) is 8.62. The van der Waals surface area contributed by atoms with Gasteiger partial charge in [-0.25, -0.2) is 9.07 Å². The van der Waals surface area contributed by atoms with Gasteiger partial charge in [0.15, 0.2) is 0 Å². The van der Waals surface area contributed by atoms with Crippen molar-refractivity contribution in [2.45, 2.75) is 6.92 Å². The highest BCUT2D eigenvalue weighted by molar-refractivity contribution is 7.12. The number of nitrogens with two attached hydrogens (primary N) is 1. The Morgan fingerprint density at radius 3 is 2.36 bits per heavy atom. The predicted octanol–water partition coefficient (Wildman–Crippen LogP) is 4.69. The van der Waals surface area contributed by atoms with Crippen molar-refractivity contribution >= 4 is 17.2 Å². The molecule has 1 aromatic carbocycles. The van der Waals surface area contributed by atoms with E-state index in [1.54, 1.807) is 40.5 Å². The van der Waals surface area contributed by atoms with Gasteiger partial charge in [0, 0.05) is 18.0 Å². The number of thiophene rings is 1. The molecule has 2 N–H and O–H groups in total. The molecule has 3 heterocycles. The number of nitrogen functional groups attached to an aromatic ring is 1. The largest absolute Gasteiger partial charge is 0.383 e. The molecule has 0 bridgehead atoms. The fraction of sp³-hybridized carbons (Fsp3) is 0.0526. The van der Waals surface area contributed by atoms with Crippen LogP contribution >= 0.6 is 11.3 Å². The van der Waals surface area contributed by atoms with Crippen LogP contribution in [0.25, 0.3) is 27.4 Å². The SMILES string of the molecule is Cc1ccsc1-n1nc(-c2ccc(F)cc2)c(-c2ccncc2)c1N. The van der Waals surface area contributed by atoms with Crippen molar-refractivity contribution in [3.05, 3.63) is 71.6 Å². The summed E-state index contributed by atoms with van der Waals surface area (Å²) >= 11 is 1.58. The van der Waals surface area contributed by atoms with Crippen LogP contribution in [0.3, 0.4) is 0 Å². The molecule has 124 valence electrons. The first kappa shape index (κ1) is 15.5. The van der Waals surface area contributed by atoms with E-state index in [1.165, 1.54) is 12.1 Å². The number of pyridine rings is 1. The van der Waals surface area contributed by atoms with Gasteiger partial charge in [0.2, 0.25) is 0 Å². The first-order valence-electron chi connectivity index (χ1n) is 7.74. The Bertz CT molecular complexity index is 1020. The average Bonchev–Trinajstić information content (AvgIpc) is 3.19. The van der Waals surface area contributed by atoms with Gasteiger partial charge in [0.1, 0.15) is 22.3 Å². The highest BCUT2D eigenvalue weighted by Gasteiger charge is 2.21. The van der Waals surface area contributed by atoms with E-state index >= 15 is 0 Å². The summed E-state index contributed by atoms with van der Waals surface area (Å²) in [4.78, 5) is 4.07. The number of nitrogens with zero attached hydrogens (tertiary/aromatic N) is 3. The molecule has 25 heavy (non-hydrogen) atoms. The zero-order chi connectivity index (χ0) is 17.4. The van der Waals surface area contributed by atoms with E-state index < -0.39 is 0 Å². The molecule has 4 aromatic rings. The van der Waals surface area contributed by atoms with Gasteiger partial charge >= 0.3 is 0 Å². The van der Waals surface area contributed by atoms with Crippen LogP contribution in [-0.4, -0.2) is 14.8 Å². The molecule has 0 fully saturated rings. The van der Waals surface area contributed by atoms with Crippen LogP contribution < -0.4 is 5.73 Å². The van der Waals surface area contributed by atoms with Crippen molar-refractivity contribution in [2.24, 2.45) is 0 Å². The second-order valence-electron chi connectivity index (χ2n) is 5.67. The van der Waals surface area contributed by atoms with Gasteiger partial charge in [-0.2, -0.15) is 5.10 Å². The number of rotatable bonds is 3. The zero-order valence-corrected chi connectivity index (χ0v) is 14.3. The summed E-state index contributed by atoms with van der Waals surface area (Å²) in [5.41, 5.74) is 10.9. The summed E-state index contributed by atoms with van der Waals surface area (Å²) in [5, 5.41) is 7.73. The van der Waals surface area contributed by atoms with Crippen molar-refractivity contribution < 1.29 is 4.39 Å². The van der Waals surface area contributed by atoms with Crippen LogP contribution in [0.1, 0.15) is 5.56 Å². The fourth-order valence-electron chi connectivity index (χ4n) is 2.78. The third-order valence-electron chi connectivity index (χ3n) is 4.04. The molecular formula is C19H15FN4S. The maximum Gasteiger partial charge on any atom is 0.136 e. The summed E-state index contributed by atoms with van der Waals surface area (Å²) in [6.07, 6.45) is 3.44. The number of benzene rings is 1. The molecule has 0 unspecified atom stereocenters. The normalized spacial score (nSPS) is 11.0. The maximum atomic E-state index is 13.3. The molecule has 0 atom stereocenters. The summed E-state index contributed by atoms with van der Waals surface area (Å²) in [6, 6.07) is 12.1. The monoisotopic (exact) mass is 350 g/mol. The topological polar surface area (TPSA) is 56.7 Å². The minimum atomic E-state index is -0.282. The third kappa shape index (κ3) is 2.70. The molecule has 4 nitrogen and oxygen atoms in total. The Morgan fingerprint density at radius 2 is 1.72 bits per heavy atom. The van der Waals surface area contributed by atoms with Gasteiger partial charge in [-0.1, -0.05) is 0 Å². The number of aryl methyl sites for hydroxylation is 1. The average molecular weight is 350 g/mol. The third-order valence-corrected chi connectivity index (χ3v) is 5.03. The smallest absolute Gasteiger partial charge is 0.136 e. The van der Waals surface area contributed by atoms with E-state index in [-0.39, 0.29) is 5.82 Å². The van der Waals surface area contributed by atoms with Crippen LogP contribution in [0.5, 0.6) is 0 Å². The van der Waals surface area contributed by atoms with Gasteiger partial charge < -0.3 is 5.73 Å². The summed E-state index contributed by atoms with van der Waals surface area (Å²) in [7, 11) is 0. The molecule has 0 aliphatic carbocycles. The lowest BCUT2D eigenvalue weighted by molar-refractivity contribution is 0.628. The van der Waals surface area contributed by atoms with Gasteiger partial charge in [-0.15, -0.1) is 11.3 Å². The molecule has 0 saturated heterocycles. The number of hydrogen-bond acceptors (Lipinski definition) is 4. The van der Waals surface area contributed by atoms with E-state index in [2.05, 4.69) is 4.98 Å². The molecule has 3 aromatic heterocycles. The Labute approximate surface area is 148 Å². The van der Waals surface area contributed by atoms with E-state index in [4.69, 9.17) is 10.8 Å². The van der Waals surface area contributed by atoms with E-state index in [9.17, 15) is 4.39 Å². The Morgan fingerprint density at radius 1 is 1.00 bits per heavy atom. The molecule has 0 amide bonds. The van der Waals surface area contributed by atoms with Crippen molar-refractivity contribution in [3.8, 4) is 27.4 Å². The highest BCUT2D eigenvalue weighted by Crippen LogP contribution is 2.38. The van der Waals surface area contributed by atoms with Crippen molar-refractivity contribution in [1.29, 1.82) is 0 Å². The number of hydrogen-bond donors (Lipinski definition) is 1. The number of aromatic nitrogens is 3. The molecule has 0 aliphatic heterocycles. The van der Waals surface area contributed by atoms with Crippen LogP contribution in [0.15, 0.2) is 60.2 Å². The van der Waals surface area contributed by atoms with E-state index in [1.807, 2.05) is 30.5 Å². The van der Waals surface area contributed by atoms with Crippen LogP contribution in [0, 0.1) is 12.7 Å². The molecule has 0 radical (unpaired) electrons. The Hall–Kier alpha value is -2.99. The quantitative estimate of drug-likeness (QED) is 0.583. The standard InChI is InChI=1S/C19H15FN4S/c1-12-8-11-25-19(12)24-18(21)16(13-6-9-22-10-7-13)17(23-24)14-2-4-15(20)5-3-14/h2-11H,21H2,1H3. The highest BCUT2D eigenvalue weighted by atomic mass is 32.1. The van der Waals surface area contributed by atoms with Crippen LogP contribution in [0.2, 0.25) is 0 Å². The van der Waals surface area contributed by atoms with Crippen molar-refractivity contribution in [1.82, 2.24) is 14.8 Å². The van der Waals surface area contributed by atoms with Gasteiger partial charge in [0.25, 0.3) is 0 Å². The minimum Gasteiger partial charge on any atom is -0.383 e. The molecule has 0 spiro atoms. The first-order chi connectivity index (χ1) is 12.1. The lowest BCUT2D eigenvalue weighted by Crippen LogP contribution is -2.01. The van der Waals surface area contributed by atoms with E-state index in [0.29, 0.717) is 5.82 Å². The zero-order valence-electron chi connectivity index (χ0n) is 13.5. The summed E-state index contributed by atoms with van der Waals surface area (Å²) in [6.45, 7) is 2.02. The van der Waals surface area contributed by atoms with Crippen LogP contribution in [-0.2, 0) is 0 Å². The second kappa shape index (κ2) is 6.14. The second-order valence-corrected chi connectivity index (χ2v) is 6.57. The Balaban J connectivity index is 1.99.